The summed E-state index contributed by atoms with van der Waals surface area (Å²) in [5, 5.41) is 9.40. The molecule has 2 N–H and O–H groups in total. The summed E-state index contributed by atoms with van der Waals surface area (Å²) in [5.74, 6) is -0.805. The van der Waals surface area contributed by atoms with Crippen LogP contribution >= 0.6 is 0 Å². The standard InChI is InChI=1S/C18H20N4O4/c23-16(19-11-14-7-4-10-26-14)12-22-17(24)9-8-15(21-22)18(25)20-13-5-2-1-3-6-13/h1-3,5-6,8-9,14H,4,7,10-12H2,(H,19,23)(H,20,25). The number of nitrogens with one attached hydrogen (secondary N) is 2. The summed E-state index contributed by atoms with van der Waals surface area (Å²) in [5.41, 5.74) is 0.222. The second-order valence-electron chi connectivity index (χ2n) is 5.97. The van der Waals surface area contributed by atoms with Gasteiger partial charge in [-0.2, -0.15) is 5.10 Å². The Kier molecular flexibility index (Phi) is 5.75. The number of amides is 2. The van der Waals surface area contributed by atoms with Crippen LogP contribution in [0.4, 0.5) is 5.69 Å². The molecule has 3 rings (SSSR count). The van der Waals surface area contributed by atoms with Crippen LogP contribution < -0.4 is 16.2 Å². The third kappa shape index (κ3) is 4.76. The van der Waals surface area contributed by atoms with Crippen LogP contribution in [-0.4, -0.2) is 40.9 Å². The quantitative estimate of drug-likeness (QED) is 0.797. The summed E-state index contributed by atoms with van der Waals surface area (Å²) >= 11 is 0. The molecule has 1 aliphatic heterocycles. The summed E-state index contributed by atoms with van der Waals surface area (Å²) in [6, 6.07) is 11.5. The Labute approximate surface area is 150 Å². The van der Waals surface area contributed by atoms with Crippen molar-refractivity contribution < 1.29 is 14.3 Å². The average molecular weight is 356 g/mol. The van der Waals surface area contributed by atoms with E-state index in [-0.39, 0.29) is 24.2 Å². The summed E-state index contributed by atoms with van der Waals surface area (Å²) in [7, 11) is 0. The highest BCUT2D eigenvalue weighted by atomic mass is 16.5. The van der Waals surface area contributed by atoms with Gasteiger partial charge >= 0.3 is 0 Å². The fourth-order valence-corrected chi connectivity index (χ4v) is 2.62. The molecule has 2 heterocycles. The molecule has 8 heteroatoms. The molecule has 1 saturated heterocycles. The van der Waals surface area contributed by atoms with E-state index in [2.05, 4.69) is 15.7 Å². The van der Waals surface area contributed by atoms with Crippen LogP contribution in [0.25, 0.3) is 0 Å². The molecule has 1 unspecified atom stereocenters. The molecule has 0 aliphatic carbocycles. The lowest BCUT2D eigenvalue weighted by Gasteiger charge is -2.11. The highest BCUT2D eigenvalue weighted by Crippen LogP contribution is 2.10. The van der Waals surface area contributed by atoms with Gasteiger partial charge in [0.05, 0.1) is 6.10 Å². The molecule has 0 radical (unpaired) electrons. The van der Waals surface area contributed by atoms with E-state index in [1.165, 1.54) is 12.1 Å². The first kappa shape index (κ1) is 17.8. The Balaban J connectivity index is 1.62. The SMILES string of the molecule is O=C(Cn1nc(C(=O)Nc2ccccc2)ccc1=O)NCC1CCCO1. The number of carbonyl (C=O) groups excluding carboxylic acids is 2. The number of ether oxygens (including phenoxy) is 1. The fraction of sp³-hybridized carbons (Fsp3) is 0.333. The van der Waals surface area contributed by atoms with Gasteiger partial charge in [0.2, 0.25) is 5.91 Å². The predicted octanol–water partition coefficient (Wildman–Crippen LogP) is 0.791. The average Bonchev–Trinajstić information content (AvgIpc) is 3.16. The van der Waals surface area contributed by atoms with Crippen molar-refractivity contribution in [3.8, 4) is 0 Å². The first-order valence-corrected chi connectivity index (χ1v) is 8.45. The normalized spacial score (nSPS) is 16.2. The molecule has 26 heavy (non-hydrogen) atoms. The van der Waals surface area contributed by atoms with Gasteiger partial charge in [-0.1, -0.05) is 18.2 Å². The van der Waals surface area contributed by atoms with Gasteiger partial charge in [0, 0.05) is 24.9 Å². The Morgan fingerprint density at radius 1 is 1.19 bits per heavy atom. The molecule has 1 aromatic carbocycles. The van der Waals surface area contributed by atoms with Crippen molar-refractivity contribution in [1.82, 2.24) is 15.1 Å². The van der Waals surface area contributed by atoms with Crippen molar-refractivity contribution in [2.45, 2.75) is 25.5 Å². The van der Waals surface area contributed by atoms with Gasteiger partial charge in [-0.25, -0.2) is 4.68 Å². The van der Waals surface area contributed by atoms with Crippen molar-refractivity contribution in [2.75, 3.05) is 18.5 Å². The second-order valence-corrected chi connectivity index (χ2v) is 5.97. The first-order chi connectivity index (χ1) is 12.6. The zero-order valence-electron chi connectivity index (χ0n) is 14.2. The monoisotopic (exact) mass is 356 g/mol. The maximum absolute atomic E-state index is 12.3. The Hall–Kier alpha value is -3.00. The Morgan fingerprint density at radius 2 is 2.00 bits per heavy atom. The molecule has 1 atom stereocenters. The van der Waals surface area contributed by atoms with Crippen molar-refractivity contribution >= 4 is 17.5 Å². The molecule has 136 valence electrons. The molecular formula is C18H20N4O4. The topological polar surface area (TPSA) is 102 Å². The molecule has 1 fully saturated rings. The second kappa shape index (κ2) is 8.39. The van der Waals surface area contributed by atoms with Crippen LogP contribution in [0.15, 0.2) is 47.3 Å². The van der Waals surface area contributed by atoms with Crippen molar-refractivity contribution in [1.29, 1.82) is 0 Å². The van der Waals surface area contributed by atoms with E-state index < -0.39 is 11.5 Å². The first-order valence-electron chi connectivity index (χ1n) is 8.45. The van der Waals surface area contributed by atoms with E-state index >= 15 is 0 Å². The highest BCUT2D eigenvalue weighted by Gasteiger charge is 2.17. The highest BCUT2D eigenvalue weighted by molar-refractivity contribution is 6.02. The minimum Gasteiger partial charge on any atom is -0.376 e. The van der Waals surface area contributed by atoms with E-state index in [0.29, 0.717) is 18.8 Å². The van der Waals surface area contributed by atoms with Gasteiger partial charge in [-0.05, 0) is 31.0 Å². The summed E-state index contributed by atoms with van der Waals surface area (Å²) in [6.07, 6.45) is 1.92. The zero-order valence-corrected chi connectivity index (χ0v) is 14.2. The van der Waals surface area contributed by atoms with Gasteiger partial charge in [0.15, 0.2) is 0 Å². The van der Waals surface area contributed by atoms with E-state index in [9.17, 15) is 14.4 Å². The van der Waals surface area contributed by atoms with E-state index in [1.54, 1.807) is 24.3 Å². The van der Waals surface area contributed by atoms with Gasteiger partial charge in [-0.3, -0.25) is 14.4 Å². The number of nitrogens with zero attached hydrogens (tertiary/aromatic N) is 2. The maximum Gasteiger partial charge on any atom is 0.276 e. The lowest BCUT2D eigenvalue weighted by molar-refractivity contribution is -0.122. The van der Waals surface area contributed by atoms with Crippen LogP contribution in [0.2, 0.25) is 0 Å². The van der Waals surface area contributed by atoms with Gasteiger partial charge in [0.25, 0.3) is 11.5 Å². The van der Waals surface area contributed by atoms with E-state index in [4.69, 9.17) is 4.74 Å². The summed E-state index contributed by atoms with van der Waals surface area (Å²) in [6.45, 7) is 0.861. The predicted molar refractivity (Wildman–Crippen MR) is 94.9 cm³/mol. The third-order valence-corrected chi connectivity index (χ3v) is 3.98. The van der Waals surface area contributed by atoms with Crippen LogP contribution in [0.5, 0.6) is 0 Å². The van der Waals surface area contributed by atoms with Crippen molar-refractivity contribution in [3.63, 3.8) is 0 Å². The number of rotatable bonds is 6. The van der Waals surface area contributed by atoms with Gasteiger partial charge in [0.1, 0.15) is 12.2 Å². The van der Waals surface area contributed by atoms with Crippen LogP contribution in [-0.2, 0) is 16.1 Å². The number of hydrogen-bond donors (Lipinski definition) is 2. The molecular weight excluding hydrogens is 336 g/mol. The molecule has 2 amide bonds. The van der Waals surface area contributed by atoms with Crippen molar-refractivity contribution in [2.24, 2.45) is 0 Å². The molecule has 0 bridgehead atoms. The van der Waals surface area contributed by atoms with Crippen LogP contribution in [0.1, 0.15) is 23.3 Å². The van der Waals surface area contributed by atoms with Crippen LogP contribution in [0, 0.1) is 0 Å². The molecule has 2 aromatic rings. The minimum atomic E-state index is -0.454. The summed E-state index contributed by atoms with van der Waals surface area (Å²) in [4.78, 5) is 36.2. The molecule has 8 nitrogen and oxygen atoms in total. The van der Waals surface area contributed by atoms with Crippen LogP contribution in [0.3, 0.4) is 0 Å². The van der Waals surface area contributed by atoms with Crippen molar-refractivity contribution in [3.05, 3.63) is 58.5 Å². The minimum absolute atomic E-state index is 0.0200. The smallest absolute Gasteiger partial charge is 0.276 e. The van der Waals surface area contributed by atoms with Gasteiger partial charge < -0.3 is 15.4 Å². The lowest BCUT2D eigenvalue weighted by atomic mass is 10.2. The Bertz CT molecular complexity index is 829. The van der Waals surface area contributed by atoms with E-state index in [1.807, 2.05) is 6.07 Å². The number of para-hydroxylation sites is 1. The Morgan fingerprint density at radius 3 is 2.73 bits per heavy atom. The molecule has 1 aliphatic rings. The van der Waals surface area contributed by atoms with Gasteiger partial charge in [-0.15, -0.1) is 0 Å². The summed E-state index contributed by atoms with van der Waals surface area (Å²) < 4.78 is 6.41. The zero-order chi connectivity index (χ0) is 18.4. The molecule has 0 saturated carbocycles. The number of anilines is 1. The largest absolute Gasteiger partial charge is 0.376 e. The van der Waals surface area contributed by atoms with E-state index in [0.717, 1.165) is 17.5 Å². The number of benzene rings is 1. The number of hydrogen-bond acceptors (Lipinski definition) is 5. The molecule has 1 aromatic heterocycles. The third-order valence-electron chi connectivity index (χ3n) is 3.98. The lowest BCUT2D eigenvalue weighted by Crippen LogP contribution is -2.37. The molecule has 0 spiro atoms. The fourth-order valence-electron chi connectivity index (χ4n) is 2.62. The number of carbonyl (C=O) groups is 2. The number of aromatic nitrogens is 2. The maximum atomic E-state index is 12.3.